The zero-order chi connectivity index (χ0) is 25.4. The van der Waals surface area contributed by atoms with Gasteiger partial charge in [0.1, 0.15) is 11.6 Å². The van der Waals surface area contributed by atoms with Crippen LogP contribution in [0.2, 0.25) is 0 Å². The number of hydrogen-bond acceptors (Lipinski definition) is 5. The van der Waals surface area contributed by atoms with E-state index in [0.29, 0.717) is 35.5 Å². The maximum Gasteiger partial charge on any atom is 0.415 e. The Morgan fingerprint density at radius 1 is 1.00 bits per heavy atom. The van der Waals surface area contributed by atoms with Crippen LogP contribution in [0.4, 0.5) is 4.79 Å². The molecule has 0 radical (unpaired) electrons. The predicted octanol–water partition coefficient (Wildman–Crippen LogP) is 5.23. The summed E-state index contributed by atoms with van der Waals surface area (Å²) in [6, 6.07) is 20.9. The number of carbonyl (C=O) groups is 1. The lowest BCUT2D eigenvalue weighted by Gasteiger charge is -2.22. The highest BCUT2D eigenvalue weighted by Gasteiger charge is 2.18. The number of nitrogen functional groups attached to an aromatic ring is 1. The van der Waals surface area contributed by atoms with E-state index in [1.165, 1.54) is 6.26 Å². The van der Waals surface area contributed by atoms with Crippen LogP contribution >= 0.6 is 0 Å². The monoisotopic (exact) mass is 493 g/mol. The summed E-state index contributed by atoms with van der Waals surface area (Å²) in [6.07, 6.45) is 3.57. The van der Waals surface area contributed by atoms with Crippen molar-refractivity contribution in [1.82, 2.24) is 4.90 Å². The van der Waals surface area contributed by atoms with Gasteiger partial charge in [0.25, 0.3) is 0 Å². The van der Waals surface area contributed by atoms with Gasteiger partial charge >= 0.3 is 6.09 Å². The largest absolute Gasteiger partial charge is 0.415 e. The smallest absolute Gasteiger partial charge is 0.410 e. The molecule has 0 bridgehead atoms. The number of unbranched alkanes of at least 4 members (excludes halogenated alkanes) is 2. The number of nitrogens with two attached hydrogens (primary N) is 1. The first-order valence-electron chi connectivity index (χ1n) is 11.5. The summed E-state index contributed by atoms with van der Waals surface area (Å²) in [5, 5.41) is 7.65. The van der Waals surface area contributed by atoms with Gasteiger partial charge in [-0.25, -0.2) is 13.2 Å². The summed E-state index contributed by atoms with van der Waals surface area (Å²) in [5.41, 5.74) is 8.38. The van der Waals surface area contributed by atoms with Crippen LogP contribution in [0.25, 0.3) is 11.1 Å². The van der Waals surface area contributed by atoms with Crippen molar-refractivity contribution < 1.29 is 17.9 Å². The molecule has 0 saturated carbocycles. The number of benzene rings is 3. The van der Waals surface area contributed by atoms with Crippen LogP contribution in [0.15, 0.2) is 77.7 Å². The van der Waals surface area contributed by atoms with Gasteiger partial charge in [0.2, 0.25) is 0 Å². The third kappa shape index (κ3) is 7.16. The SMILES string of the molecule is CCCCCN(Cc1cccc(C(=N)N)c1)C(=O)Oc1ccc(-c2ccccc2S(C)(=O)=O)cc1. The summed E-state index contributed by atoms with van der Waals surface area (Å²) in [4.78, 5) is 14.9. The van der Waals surface area contributed by atoms with Crippen LogP contribution < -0.4 is 10.5 Å². The molecular weight excluding hydrogens is 462 g/mol. The fraction of sp³-hybridized carbons (Fsp3) is 0.259. The quantitative estimate of drug-likeness (QED) is 0.228. The topological polar surface area (TPSA) is 114 Å². The number of amidine groups is 1. The molecule has 184 valence electrons. The Labute approximate surface area is 207 Å². The number of amides is 1. The van der Waals surface area contributed by atoms with E-state index in [-0.39, 0.29) is 10.7 Å². The second kappa shape index (κ2) is 11.7. The van der Waals surface area contributed by atoms with Crippen molar-refractivity contribution in [3.05, 3.63) is 83.9 Å². The number of rotatable bonds is 10. The zero-order valence-electron chi connectivity index (χ0n) is 20.0. The minimum absolute atomic E-state index is 0.0236. The molecule has 3 aromatic carbocycles. The lowest BCUT2D eigenvalue weighted by molar-refractivity contribution is 0.148. The Hall–Kier alpha value is -3.65. The molecule has 0 aliphatic carbocycles. The molecule has 0 aromatic heterocycles. The summed E-state index contributed by atoms with van der Waals surface area (Å²) >= 11 is 0. The fourth-order valence-electron chi connectivity index (χ4n) is 3.74. The average Bonchev–Trinajstić information content (AvgIpc) is 2.83. The van der Waals surface area contributed by atoms with Gasteiger partial charge in [-0.1, -0.05) is 68.3 Å². The molecule has 8 heteroatoms. The highest BCUT2D eigenvalue weighted by molar-refractivity contribution is 7.90. The van der Waals surface area contributed by atoms with Gasteiger partial charge in [0, 0.05) is 30.5 Å². The normalized spacial score (nSPS) is 11.1. The number of hydrogen-bond donors (Lipinski definition) is 2. The molecule has 7 nitrogen and oxygen atoms in total. The van der Waals surface area contributed by atoms with E-state index in [2.05, 4.69) is 6.92 Å². The van der Waals surface area contributed by atoms with Crippen LogP contribution in [0, 0.1) is 5.41 Å². The van der Waals surface area contributed by atoms with Crippen molar-refractivity contribution in [2.24, 2.45) is 5.73 Å². The van der Waals surface area contributed by atoms with Crippen LogP contribution in [-0.2, 0) is 16.4 Å². The molecule has 1 amide bonds. The van der Waals surface area contributed by atoms with Crippen molar-refractivity contribution in [1.29, 1.82) is 5.41 Å². The molecule has 0 aliphatic heterocycles. The Morgan fingerprint density at radius 3 is 2.37 bits per heavy atom. The Balaban J connectivity index is 1.77. The molecule has 3 rings (SSSR count). The van der Waals surface area contributed by atoms with Crippen LogP contribution in [0.3, 0.4) is 0 Å². The molecule has 0 spiro atoms. The lowest BCUT2D eigenvalue weighted by Crippen LogP contribution is -2.34. The molecule has 3 aromatic rings. The van der Waals surface area contributed by atoms with E-state index in [1.54, 1.807) is 65.6 Å². The molecular formula is C27H31N3O4S. The summed E-state index contributed by atoms with van der Waals surface area (Å²) in [5.74, 6) is 0.345. The van der Waals surface area contributed by atoms with Gasteiger partial charge in [-0.2, -0.15) is 0 Å². The predicted molar refractivity (Wildman–Crippen MR) is 138 cm³/mol. The first kappa shape index (κ1) is 26.0. The minimum Gasteiger partial charge on any atom is -0.410 e. The first-order valence-corrected chi connectivity index (χ1v) is 13.4. The number of nitrogens with zero attached hydrogens (tertiary/aromatic N) is 1. The molecule has 0 atom stereocenters. The average molecular weight is 494 g/mol. The van der Waals surface area contributed by atoms with Crippen molar-refractivity contribution in [2.45, 2.75) is 37.6 Å². The van der Waals surface area contributed by atoms with E-state index in [4.69, 9.17) is 15.9 Å². The van der Waals surface area contributed by atoms with E-state index in [9.17, 15) is 13.2 Å². The molecule has 0 heterocycles. The Morgan fingerprint density at radius 2 is 1.71 bits per heavy atom. The number of ether oxygens (including phenoxy) is 1. The Bertz CT molecular complexity index is 1290. The highest BCUT2D eigenvalue weighted by Crippen LogP contribution is 2.29. The van der Waals surface area contributed by atoms with Gasteiger partial charge in [-0.05, 0) is 41.8 Å². The van der Waals surface area contributed by atoms with Gasteiger partial charge in [-0.15, -0.1) is 0 Å². The van der Waals surface area contributed by atoms with E-state index < -0.39 is 15.9 Å². The van der Waals surface area contributed by atoms with E-state index in [0.717, 1.165) is 24.8 Å². The molecule has 0 unspecified atom stereocenters. The summed E-state index contributed by atoms with van der Waals surface area (Å²) in [6.45, 7) is 2.97. The van der Waals surface area contributed by atoms with Crippen LogP contribution in [-0.4, -0.2) is 38.0 Å². The molecule has 0 fully saturated rings. The van der Waals surface area contributed by atoms with Crippen molar-refractivity contribution in [3.63, 3.8) is 0 Å². The molecule has 0 aliphatic rings. The number of nitrogens with one attached hydrogen (secondary N) is 1. The van der Waals surface area contributed by atoms with E-state index in [1.807, 2.05) is 12.1 Å². The van der Waals surface area contributed by atoms with Gasteiger partial charge in [0.05, 0.1) is 4.90 Å². The number of sulfone groups is 1. The second-order valence-electron chi connectivity index (χ2n) is 8.40. The lowest BCUT2D eigenvalue weighted by atomic mass is 10.1. The van der Waals surface area contributed by atoms with Crippen molar-refractivity contribution in [2.75, 3.05) is 12.8 Å². The van der Waals surface area contributed by atoms with Crippen LogP contribution in [0.1, 0.15) is 37.3 Å². The van der Waals surface area contributed by atoms with Gasteiger partial charge < -0.3 is 15.4 Å². The van der Waals surface area contributed by atoms with Gasteiger partial charge in [0.15, 0.2) is 9.84 Å². The van der Waals surface area contributed by atoms with E-state index >= 15 is 0 Å². The maximum absolute atomic E-state index is 13.0. The molecule has 0 saturated heterocycles. The highest BCUT2D eigenvalue weighted by atomic mass is 32.2. The molecule has 35 heavy (non-hydrogen) atoms. The second-order valence-corrected chi connectivity index (χ2v) is 10.4. The number of carbonyl (C=O) groups excluding carboxylic acids is 1. The van der Waals surface area contributed by atoms with Crippen molar-refractivity contribution >= 4 is 21.8 Å². The third-order valence-corrected chi connectivity index (χ3v) is 6.71. The van der Waals surface area contributed by atoms with Crippen molar-refractivity contribution in [3.8, 4) is 16.9 Å². The molecule has 3 N–H and O–H groups in total. The fourth-order valence-corrected chi connectivity index (χ4v) is 4.65. The summed E-state index contributed by atoms with van der Waals surface area (Å²) < 4.78 is 29.9. The standard InChI is InChI=1S/C27H31N3O4S/c1-3-4-7-17-30(19-20-9-8-10-22(18-20)26(28)29)27(31)34-23-15-13-21(14-16-23)24-11-5-6-12-25(24)35(2,32)33/h5-6,8-16,18H,3-4,7,17,19H2,1-2H3,(H3,28,29). The zero-order valence-corrected chi connectivity index (χ0v) is 20.8. The minimum atomic E-state index is -3.38. The summed E-state index contributed by atoms with van der Waals surface area (Å²) in [7, 11) is -3.38. The van der Waals surface area contributed by atoms with Crippen LogP contribution in [0.5, 0.6) is 5.75 Å². The van der Waals surface area contributed by atoms with Gasteiger partial charge in [-0.3, -0.25) is 5.41 Å². The maximum atomic E-state index is 13.0. The third-order valence-electron chi connectivity index (χ3n) is 5.56. The Kier molecular flexibility index (Phi) is 8.65. The first-order chi connectivity index (χ1) is 16.7.